The molecular formula is C19H19BrCl2N4O2S. The zero-order chi connectivity index (χ0) is 21.0. The minimum atomic E-state index is 0.327. The molecule has 0 atom stereocenters. The molecule has 10 heteroatoms. The molecule has 0 aliphatic heterocycles. The lowest BCUT2D eigenvalue weighted by molar-refractivity contribution is 0.282. The third-order valence-corrected chi connectivity index (χ3v) is 5.76. The zero-order valence-electron chi connectivity index (χ0n) is 15.8. The standard InChI is InChI=1S/C19H19BrCl2N4O2S/c1-3-17-24-25-19(29)26(17)23-9-12-6-13(20)18(16(8-12)27-2)28-10-11-4-5-14(21)15(22)7-11/h4-8,23H,3,9-10H2,1-2H3,(H,25,29). The Morgan fingerprint density at radius 3 is 2.69 bits per heavy atom. The van der Waals surface area contributed by atoms with Crippen molar-refractivity contribution in [2.45, 2.75) is 26.5 Å². The summed E-state index contributed by atoms with van der Waals surface area (Å²) in [5.74, 6) is 2.06. The van der Waals surface area contributed by atoms with E-state index in [1.807, 2.05) is 25.1 Å². The monoisotopic (exact) mass is 516 g/mol. The van der Waals surface area contributed by atoms with E-state index in [2.05, 4.69) is 31.6 Å². The predicted octanol–water partition coefficient (Wildman–Crippen LogP) is 5.90. The number of nitrogens with one attached hydrogen (secondary N) is 2. The molecule has 1 heterocycles. The molecule has 0 aliphatic rings. The number of hydrogen-bond donors (Lipinski definition) is 2. The van der Waals surface area contributed by atoms with Gasteiger partial charge in [-0.25, -0.2) is 4.68 Å². The lowest BCUT2D eigenvalue weighted by atomic mass is 10.2. The van der Waals surface area contributed by atoms with Gasteiger partial charge in [0.1, 0.15) is 6.61 Å². The molecule has 0 bridgehead atoms. The van der Waals surface area contributed by atoms with Crippen LogP contribution in [0.15, 0.2) is 34.8 Å². The highest BCUT2D eigenvalue weighted by molar-refractivity contribution is 9.10. The first-order valence-corrected chi connectivity index (χ1v) is 10.7. The third-order valence-electron chi connectivity index (χ3n) is 4.16. The number of nitrogens with zero attached hydrogens (tertiary/aromatic N) is 2. The number of methoxy groups -OCH3 is 1. The van der Waals surface area contributed by atoms with Crippen LogP contribution in [0.25, 0.3) is 0 Å². The Morgan fingerprint density at radius 1 is 1.21 bits per heavy atom. The molecule has 0 amide bonds. The average molecular weight is 518 g/mol. The predicted molar refractivity (Wildman–Crippen MR) is 121 cm³/mol. The van der Waals surface area contributed by atoms with Crippen LogP contribution in [0.1, 0.15) is 23.9 Å². The summed E-state index contributed by atoms with van der Waals surface area (Å²) in [5, 5.41) is 7.98. The zero-order valence-corrected chi connectivity index (χ0v) is 19.7. The van der Waals surface area contributed by atoms with Crippen LogP contribution in [-0.2, 0) is 19.6 Å². The number of rotatable bonds is 8. The number of aromatic nitrogens is 3. The van der Waals surface area contributed by atoms with Crippen molar-refractivity contribution in [1.82, 2.24) is 14.9 Å². The molecule has 29 heavy (non-hydrogen) atoms. The van der Waals surface area contributed by atoms with Crippen molar-refractivity contribution in [3.8, 4) is 11.5 Å². The molecule has 3 rings (SSSR count). The topological polar surface area (TPSA) is 64.1 Å². The van der Waals surface area contributed by atoms with Gasteiger partial charge in [-0.15, -0.1) is 0 Å². The van der Waals surface area contributed by atoms with Crippen LogP contribution in [-0.4, -0.2) is 22.0 Å². The molecule has 0 saturated carbocycles. The van der Waals surface area contributed by atoms with Crippen molar-refractivity contribution in [3.05, 3.63) is 66.6 Å². The number of halogens is 3. The van der Waals surface area contributed by atoms with Crippen LogP contribution in [0.5, 0.6) is 11.5 Å². The molecule has 0 radical (unpaired) electrons. The number of H-pyrrole nitrogens is 1. The minimum Gasteiger partial charge on any atom is -0.493 e. The Kier molecular flexibility index (Phi) is 7.45. The maximum atomic E-state index is 6.07. The molecule has 0 fully saturated rings. The second-order valence-corrected chi connectivity index (χ2v) is 8.17. The minimum absolute atomic E-state index is 0.327. The molecule has 3 aromatic rings. The Labute approximate surface area is 192 Å². The van der Waals surface area contributed by atoms with E-state index < -0.39 is 0 Å². The molecular weight excluding hydrogens is 499 g/mol. The fraction of sp³-hybridized carbons (Fsp3) is 0.263. The van der Waals surface area contributed by atoms with Crippen LogP contribution in [0.2, 0.25) is 10.0 Å². The van der Waals surface area contributed by atoms with Crippen LogP contribution in [0, 0.1) is 4.77 Å². The van der Waals surface area contributed by atoms with Crippen molar-refractivity contribution in [2.75, 3.05) is 12.5 Å². The van der Waals surface area contributed by atoms with Crippen molar-refractivity contribution < 1.29 is 9.47 Å². The SMILES string of the molecule is CCc1n[nH]c(=S)n1NCc1cc(Br)c(OCc2ccc(Cl)c(Cl)c2)c(OC)c1. The highest BCUT2D eigenvalue weighted by atomic mass is 79.9. The summed E-state index contributed by atoms with van der Waals surface area (Å²) < 4.78 is 14.6. The van der Waals surface area contributed by atoms with E-state index >= 15 is 0 Å². The van der Waals surface area contributed by atoms with Gasteiger partial charge in [0.2, 0.25) is 4.77 Å². The summed E-state index contributed by atoms with van der Waals surface area (Å²) in [6.07, 6.45) is 0.759. The third kappa shape index (κ3) is 5.25. The van der Waals surface area contributed by atoms with Crippen LogP contribution >= 0.6 is 51.3 Å². The Hall–Kier alpha value is -1.74. The second-order valence-electron chi connectivity index (χ2n) is 6.12. The largest absolute Gasteiger partial charge is 0.493 e. The first kappa shape index (κ1) is 22.0. The quantitative estimate of drug-likeness (QED) is 0.364. The van der Waals surface area contributed by atoms with Crippen LogP contribution < -0.4 is 14.9 Å². The van der Waals surface area contributed by atoms with Gasteiger partial charge < -0.3 is 14.9 Å². The van der Waals surface area contributed by atoms with Gasteiger partial charge >= 0.3 is 0 Å². The van der Waals surface area contributed by atoms with E-state index in [4.69, 9.17) is 44.9 Å². The molecule has 0 aliphatic carbocycles. The summed E-state index contributed by atoms with van der Waals surface area (Å²) in [4.78, 5) is 0. The normalized spacial score (nSPS) is 10.8. The first-order valence-electron chi connectivity index (χ1n) is 8.76. The van der Waals surface area contributed by atoms with Crippen LogP contribution in [0.3, 0.4) is 0 Å². The highest BCUT2D eigenvalue weighted by Gasteiger charge is 2.13. The number of aromatic amines is 1. The van der Waals surface area contributed by atoms with Gasteiger partial charge in [0.25, 0.3) is 0 Å². The van der Waals surface area contributed by atoms with E-state index in [0.29, 0.717) is 39.5 Å². The number of ether oxygens (including phenoxy) is 2. The summed E-state index contributed by atoms with van der Waals surface area (Å²) in [6.45, 7) is 2.87. The fourth-order valence-electron chi connectivity index (χ4n) is 2.70. The van der Waals surface area contributed by atoms with Gasteiger partial charge in [-0.05, 0) is 63.5 Å². The first-order chi connectivity index (χ1) is 13.9. The average Bonchev–Trinajstić information content (AvgIpc) is 3.07. The second kappa shape index (κ2) is 9.84. The summed E-state index contributed by atoms with van der Waals surface area (Å²) in [7, 11) is 1.60. The van der Waals surface area contributed by atoms with Gasteiger partial charge in [0.05, 0.1) is 28.2 Å². The van der Waals surface area contributed by atoms with Gasteiger partial charge in [0.15, 0.2) is 17.3 Å². The summed E-state index contributed by atoms with van der Waals surface area (Å²) in [5.41, 5.74) is 5.16. The maximum Gasteiger partial charge on any atom is 0.214 e. The lowest BCUT2D eigenvalue weighted by Gasteiger charge is -2.16. The van der Waals surface area contributed by atoms with Gasteiger partial charge in [-0.2, -0.15) is 5.10 Å². The fourth-order valence-corrected chi connectivity index (χ4v) is 3.84. The van der Waals surface area contributed by atoms with E-state index in [0.717, 1.165) is 27.8 Å². The Morgan fingerprint density at radius 2 is 2.00 bits per heavy atom. The van der Waals surface area contributed by atoms with Crippen molar-refractivity contribution >= 4 is 51.3 Å². The van der Waals surface area contributed by atoms with E-state index in [1.165, 1.54) is 0 Å². The molecule has 154 valence electrons. The number of hydrogen-bond acceptors (Lipinski definition) is 5. The maximum absolute atomic E-state index is 6.07. The lowest BCUT2D eigenvalue weighted by Crippen LogP contribution is -2.17. The Bertz CT molecular complexity index is 1070. The van der Waals surface area contributed by atoms with Gasteiger partial charge in [-0.3, -0.25) is 5.10 Å². The van der Waals surface area contributed by atoms with Crippen molar-refractivity contribution in [1.29, 1.82) is 0 Å². The van der Waals surface area contributed by atoms with Crippen LogP contribution in [0.4, 0.5) is 0 Å². The van der Waals surface area contributed by atoms with Gasteiger partial charge in [0, 0.05) is 6.42 Å². The molecule has 2 aromatic carbocycles. The van der Waals surface area contributed by atoms with E-state index in [-0.39, 0.29) is 0 Å². The molecule has 6 nitrogen and oxygen atoms in total. The van der Waals surface area contributed by atoms with Crippen molar-refractivity contribution in [3.63, 3.8) is 0 Å². The number of aryl methyl sites for hydroxylation is 1. The molecule has 2 N–H and O–H groups in total. The van der Waals surface area contributed by atoms with Gasteiger partial charge in [-0.1, -0.05) is 36.2 Å². The molecule has 0 saturated heterocycles. The number of benzene rings is 2. The molecule has 1 aromatic heterocycles. The smallest absolute Gasteiger partial charge is 0.214 e. The van der Waals surface area contributed by atoms with E-state index in [1.54, 1.807) is 23.9 Å². The van der Waals surface area contributed by atoms with E-state index in [9.17, 15) is 0 Å². The summed E-state index contributed by atoms with van der Waals surface area (Å²) in [6, 6.07) is 9.27. The van der Waals surface area contributed by atoms with Crippen molar-refractivity contribution in [2.24, 2.45) is 0 Å². The molecule has 0 spiro atoms. The highest BCUT2D eigenvalue weighted by Crippen LogP contribution is 2.37. The molecule has 0 unspecified atom stereocenters. The summed E-state index contributed by atoms with van der Waals surface area (Å²) >= 11 is 20.9. The Balaban J connectivity index is 1.75.